The molecule has 0 aliphatic carbocycles. The second-order valence-electron chi connectivity index (χ2n) is 8.49. The van der Waals surface area contributed by atoms with Crippen molar-refractivity contribution in [2.24, 2.45) is 0 Å². The van der Waals surface area contributed by atoms with Crippen molar-refractivity contribution in [3.8, 4) is 0 Å². The van der Waals surface area contributed by atoms with Gasteiger partial charge in [-0.1, -0.05) is 75.7 Å². The summed E-state index contributed by atoms with van der Waals surface area (Å²) in [6.45, 7) is 14.6. The van der Waals surface area contributed by atoms with Gasteiger partial charge in [-0.2, -0.15) is 0 Å². The molecular formula is C25H39N4O2PS. The molecule has 33 heavy (non-hydrogen) atoms. The van der Waals surface area contributed by atoms with Gasteiger partial charge in [0.25, 0.3) is 0 Å². The van der Waals surface area contributed by atoms with Crippen LogP contribution in [0.4, 0.5) is 0 Å². The molecule has 0 bridgehead atoms. The minimum absolute atomic E-state index is 0.0617. The van der Waals surface area contributed by atoms with Crippen LogP contribution in [0.25, 0.3) is 0 Å². The number of benzene rings is 2. The van der Waals surface area contributed by atoms with Crippen molar-refractivity contribution in [2.45, 2.75) is 57.9 Å². The van der Waals surface area contributed by atoms with Gasteiger partial charge in [0.2, 0.25) is 7.44 Å². The summed E-state index contributed by atoms with van der Waals surface area (Å²) < 4.78 is 35.9. The normalized spacial score (nSPS) is 20.2. The molecule has 3 rings (SSSR count). The van der Waals surface area contributed by atoms with Crippen molar-refractivity contribution in [3.05, 3.63) is 65.7 Å². The summed E-state index contributed by atoms with van der Waals surface area (Å²) in [5.74, 6) is -0.414. The number of rotatable bonds is 13. The van der Waals surface area contributed by atoms with Gasteiger partial charge in [0, 0.05) is 45.3 Å². The van der Waals surface area contributed by atoms with Gasteiger partial charge in [-0.25, -0.2) is 18.3 Å². The van der Waals surface area contributed by atoms with E-state index in [1.54, 1.807) is 0 Å². The molecule has 1 heterocycles. The Morgan fingerprint density at radius 1 is 0.970 bits per heavy atom. The van der Waals surface area contributed by atoms with Gasteiger partial charge < -0.3 is 0 Å². The number of nitrogens with zero attached hydrogens (tertiary/aromatic N) is 3. The predicted octanol–water partition coefficient (Wildman–Crippen LogP) is 4.69. The maximum Gasteiger partial charge on any atom is 0.235 e. The zero-order chi connectivity index (χ0) is 24.0. The van der Waals surface area contributed by atoms with Crippen LogP contribution in [-0.4, -0.2) is 63.0 Å². The monoisotopic (exact) mass is 490 g/mol. The summed E-state index contributed by atoms with van der Waals surface area (Å²) in [7, 11) is -4.50. The van der Waals surface area contributed by atoms with E-state index in [4.69, 9.17) is 0 Å². The summed E-state index contributed by atoms with van der Waals surface area (Å²) in [6, 6.07) is 18.1. The Labute approximate surface area is 202 Å². The molecule has 1 saturated heterocycles. The highest BCUT2D eigenvalue weighted by molar-refractivity contribution is 7.83. The lowest BCUT2D eigenvalue weighted by Gasteiger charge is -2.42. The molecule has 0 radical (unpaired) electrons. The predicted molar refractivity (Wildman–Crippen MR) is 139 cm³/mol. The van der Waals surface area contributed by atoms with Crippen molar-refractivity contribution < 1.29 is 8.77 Å². The Bertz CT molecular complexity index is 933. The third-order valence-electron chi connectivity index (χ3n) is 6.45. The number of aryl methyl sites for hydroxylation is 1. The Hall–Kier alpha value is -1.34. The van der Waals surface area contributed by atoms with Crippen LogP contribution < -0.4 is 4.72 Å². The van der Waals surface area contributed by atoms with E-state index in [1.807, 2.05) is 49.4 Å². The van der Waals surface area contributed by atoms with E-state index >= 15 is 0 Å². The molecule has 182 valence electrons. The highest BCUT2D eigenvalue weighted by Gasteiger charge is 2.53. The molecule has 0 spiro atoms. The maximum absolute atomic E-state index is 15.0. The summed E-state index contributed by atoms with van der Waals surface area (Å²) in [5.41, 5.74) is 2.36. The standard InChI is InChI=1S/C25H39N4O2PS/c1-6-28(7-2)32(30,29(8-3)9-4)25(26-33(31)23-17-15-21(5)16-18-23)24-20-27(24)19-22-13-11-10-12-14-22/h10-18,24-26H,6-9,19-20H2,1-5H3/t24-,25-,27?,33?/m1/s1. The first-order valence-corrected chi connectivity index (χ1v) is 14.8. The minimum atomic E-state index is -3.05. The van der Waals surface area contributed by atoms with Crippen LogP contribution in [-0.2, 0) is 22.1 Å². The van der Waals surface area contributed by atoms with Crippen molar-refractivity contribution >= 4 is 18.4 Å². The molecule has 2 unspecified atom stereocenters. The number of hydrogen-bond donors (Lipinski definition) is 1. The summed E-state index contributed by atoms with van der Waals surface area (Å²) >= 11 is 0. The van der Waals surface area contributed by atoms with Crippen molar-refractivity contribution in [3.63, 3.8) is 0 Å². The van der Waals surface area contributed by atoms with E-state index in [-0.39, 0.29) is 6.04 Å². The molecule has 1 aliphatic heterocycles. The van der Waals surface area contributed by atoms with Crippen LogP contribution >= 0.6 is 7.44 Å². The third-order valence-corrected chi connectivity index (χ3v) is 11.7. The first kappa shape index (κ1) is 26.3. The zero-order valence-corrected chi connectivity index (χ0v) is 22.3. The van der Waals surface area contributed by atoms with E-state index in [0.717, 1.165) is 18.7 Å². The van der Waals surface area contributed by atoms with Gasteiger partial charge in [0.1, 0.15) is 16.8 Å². The fraction of sp³-hybridized carbons (Fsp3) is 0.520. The van der Waals surface area contributed by atoms with Gasteiger partial charge in [0.05, 0.1) is 4.90 Å². The minimum Gasteiger partial charge on any atom is -0.291 e. The first-order chi connectivity index (χ1) is 15.9. The molecule has 6 nitrogen and oxygen atoms in total. The highest BCUT2D eigenvalue weighted by atomic mass is 32.2. The lowest BCUT2D eigenvalue weighted by Crippen LogP contribution is -2.47. The maximum atomic E-state index is 15.0. The summed E-state index contributed by atoms with van der Waals surface area (Å²) in [6.07, 6.45) is 0. The average Bonchev–Trinajstić information content (AvgIpc) is 3.58. The third kappa shape index (κ3) is 6.02. The lowest BCUT2D eigenvalue weighted by atomic mass is 10.2. The molecule has 8 heteroatoms. The van der Waals surface area contributed by atoms with Crippen LogP contribution in [0, 0.1) is 6.92 Å². The highest BCUT2D eigenvalue weighted by Crippen LogP contribution is 2.59. The first-order valence-electron chi connectivity index (χ1n) is 12.0. The Kier molecular flexibility index (Phi) is 9.45. The lowest BCUT2D eigenvalue weighted by molar-refractivity contribution is 0.339. The topological polar surface area (TPSA) is 55.7 Å². The zero-order valence-electron chi connectivity index (χ0n) is 20.6. The van der Waals surface area contributed by atoms with Gasteiger partial charge in [0.15, 0.2) is 0 Å². The van der Waals surface area contributed by atoms with Crippen LogP contribution in [0.3, 0.4) is 0 Å². The van der Waals surface area contributed by atoms with Crippen LogP contribution in [0.2, 0.25) is 0 Å². The van der Waals surface area contributed by atoms with Gasteiger partial charge in [-0.3, -0.25) is 9.46 Å². The molecular weight excluding hydrogens is 451 g/mol. The van der Waals surface area contributed by atoms with Crippen molar-refractivity contribution in [1.29, 1.82) is 0 Å². The quantitative estimate of drug-likeness (QED) is 0.326. The van der Waals surface area contributed by atoms with E-state index in [0.29, 0.717) is 31.1 Å². The second kappa shape index (κ2) is 11.9. The summed E-state index contributed by atoms with van der Waals surface area (Å²) in [5, 5.41) is 0. The Morgan fingerprint density at radius 2 is 1.52 bits per heavy atom. The van der Waals surface area contributed by atoms with Crippen LogP contribution in [0.5, 0.6) is 0 Å². The van der Waals surface area contributed by atoms with Gasteiger partial charge in [-0.05, 0) is 24.6 Å². The fourth-order valence-corrected chi connectivity index (χ4v) is 9.64. The molecule has 0 saturated carbocycles. The van der Waals surface area contributed by atoms with Crippen molar-refractivity contribution in [2.75, 3.05) is 32.7 Å². The second-order valence-corrected chi connectivity index (χ2v) is 12.6. The molecule has 0 aromatic heterocycles. The van der Waals surface area contributed by atoms with Crippen LogP contribution in [0.15, 0.2) is 59.5 Å². The van der Waals surface area contributed by atoms with Gasteiger partial charge in [-0.15, -0.1) is 0 Å². The Morgan fingerprint density at radius 3 is 2.03 bits per heavy atom. The SMILES string of the molecule is CCN(CC)P(=O)([C@@H](NS(=O)c1ccc(C)cc1)[C@H]1CN1Cc1ccccc1)N(CC)CC. The molecule has 2 aromatic rings. The molecule has 1 aliphatic rings. The number of nitrogens with one attached hydrogen (secondary N) is 1. The van der Waals surface area contributed by atoms with E-state index < -0.39 is 24.2 Å². The smallest absolute Gasteiger partial charge is 0.235 e. The van der Waals surface area contributed by atoms with Gasteiger partial charge >= 0.3 is 0 Å². The molecule has 1 N–H and O–H groups in total. The molecule has 4 atom stereocenters. The molecule has 2 aromatic carbocycles. The van der Waals surface area contributed by atoms with E-state index in [9.17, 15) is 8.77 Å². The van der Waals surface area contributed by atoms with Crippen molar-refractivity contribution in [1.82, 2.24) is 19.0 Å². The van der Waals surface area contributed by atoms with Crippen LogP contribution in [0.1, 0.15) is 38.8 Å². The van der Waals surface area contributed by atoms with E-state index in [1.165, 1.54) is 5.56 Å². The largest absolute Gasteiger partial charge is 0.291 e. The fourth-order valence-electron chi connectivity index (χ4n) is 4.49. The summed E-state index contributed by atoms with van der Waals surface area (Å²) in [4.78, 5) is 3.05. The van der Waals surface area contributed by atoms with E-state index in [2.05, 4.69) is 58.8 Å². The average molecular weight is 491 g/mol. The Balaban J connectivity index is 1.95. The molecule has 0 amide bonds. The number of hydrogen-bond acceptors (Lipinski definition) is 3. The molecule has 1 fully saturated rings.